The number of nitrogens with zero attached hydrogens (tertiary/aromatic N) is 1. The molecule has 0 aliphatic rings. The second-order valence-electron chi connectivity index (χ2n) is 3.61. The summed E-state index contributed by atoms with van der Waals surface area (Å²) >= 11 is 0. The summed E-state index contributed by atoms with van der Waals surface area (Å²) in [6, 6.07) is 6.52. The number of hydrogen-bond donors (Lipinski definition) is 1. The minimum absolute atomic E-state index is 0.0824. The molecule has 1 aromatic carbocycles. The van der Waals surface area contributed by atoms with Crippen molar-refractivity contribution in [1.29, 1.82) is 5.26 Å². The van der Waals surface area contributed by atoms with Crippen LogP contribution < -0.4 is 9.47 Å². The zero-order valence-electron chi connectivity index (χ0n) is 10.8. The van der Waals surface area contributed by atoms with Gasteiger partial charge in [-0.15, -0.1) is 0 Å². The van der Waals surface area contributed by atoms with Gasteiger partial charge in [-0.25, -0.2) is 4.79 Å². The number of hydrogen-bond acceptors (Lipinski definition) is 5. The van der Waals surface area contributed by atoms with Gasteiger partial charge in [0.1, 0.15) is 0 Å². The van der Waals surface area contributed by atoms with Crippen molar-refractivity contribution in [1.82, 2.24) is 0 Å². The van der Waals surface area contributed by atoms with Gasteiger partial charge < -0.3 is 19.3 Å². The number of carboxylic acids is 1. The molecule has 0 aliphatic heterocycles. The lowest BCUT2D eigenvalue weighted by Gasteiger charge is -2.17. The first-order valence-electron chi connectivity index (χ1n) is 5.67. The van der Waals surface area contributed by atoms with Gasteiger partial charge >= 0.3 is 5.97 Å². The highest BCUT2D eigenvalue weighted by molar-refractivity contribution is 5.73. The summed E-state index contributed by atoms with van der Waals surface area (Å²) in [5.74, 6) is -0.525. The molecule has 0 fully saturated rings. The van der Waals surface area contributed by atoms with Gasteiger partial charge in [-0.2, -0.15) is 5.26 Å². The second kappa shape index (κ2) is 7.24. The lowest BCUT2D eigenvalue weighted by molar-refractivity contribution is -0.147. The third-order valence-corrected chi connectivity index (χ3v) is 2.24. The van der Waals surface area contributed by atoms with Gasteiger partial charge in [0.25, 0.3) is 0 Å². The van der Waals surface area contributed by atoms with Crippen LogP contribution in [0.5, 0.6) is 11.5 Å². The van der Waals surface area contributed by atoms with Crippen LogP contribution in [0.3, 0.4) is 0 Å². The Labute approximate surface area is 111 Å². The van der Waals surface area contributed by atoms with Crippen LogP contribution in [0.1, 0.15) is 12.5 Å². The Hall–Kier alpha value is -2.26. The van der Waals surface area contributed by atoms with Crippen molar-refractivity contribution in [2.75, 3.05) is 20.3 Å². The maximum atomic E-state index is 11.0. The zero-order chi connectivity index (χ0) is 14.3. The topological polar surface area (TPSA) is 88.8 Å². The van der Waals surface area contributed by atoms with E-state index in [-0.39, 0.29) is 12.4 Å². The molecular formula is C13H15NO5. The number of carboxylic acid groups (broad SMARTS) is 1. The second-order valence-corrected chi connectivity index (χ2v) is 3.61. The molecule has 0 amide bonds. The molecule has 0 aromatic heterocycles. The van der Waals surface area contributed by atoms with E-state index >= 15 is 0 Å². The third kappa shape index (κ3) is 4.16. The summed E-state index contributed by atoms with van der Waals surface area (Å²) in [4.78, 5) is 11.0. The van der Waals surface area contributed by atoms with Crippen LogP contribution in [0.4, 0.5) is 0 Å². The zero-order valence-corrected chi connectivity index (χ0v) is 10.8. The predicted octanol–water partition coefficient (Wildman–Crippen LogP) is 1.44. The summed E-state index contributed by atoms with van der Waals surface area (Å²) in [7, 11) is 1.39. The summed E-state index contributed by atoms with van der Waals surface area (Å²) in [5, 5.41) is 17.8. The molecule has 1 aromatic rings. The van der Waals surface area contributed by atoms with E-state index in [0.29, 0.717) is 17.9 Å². The van der Waals surface area contributed by atoms with Crippen molar-refractivity contribution in [2.24, 2.45) is 0 Å². The molecule has 1 rings (SSSR count). The minimum atomic E-state index is -1.13. The van der Waals surface area contributed by atoms with Crippen LogP contribution in [-0.2, 0) is 9.53 Å². The summed E-state index contributed by atoms with van der Waals surface area (Å²) in [5.41, 5.74) is 0.411. The molecule has 1 unspecified atom stereocenters. The summed E-state index contributed by atoms with van der Waals surface area (Å²) < 4.78 is 15.5. The Balaban J connectivity index is 2.98. The monoisotopic (exact) mass is 265 g/mol. The Morgan fingerprint density at radius 1 is 1.47 bits per heavy atom. The number of aliphatic carboxylic acids is 1. The van der Waals surface area contributed by atoms with E-state index < -0.39 is 12.1 Å². The first kappa shape index (κ1) is 14.8. The highest BCUT2D eigenvalue weighted by atomic mass is 16.6. The van der Waals surface area contributed by atoms with Crippen LogP contribution in [0.25, 0.3) is 0 Å². The van der Waals surface area contributed by atoms with Crippen molar-refractivity contribution < 1.29 is 24.1 Å². The molecule has 0 heterocycles. The molecule has 0 aliphatic carbocycles. The standard InChI is InChI=1S/C13H15NO5/c1-3-18-11-6-9(7-14)4-5-10(11)19-12(8-17-2)13(15)16/h4-6,12H,3,8H2,1-2H3,(H,15,16). The lowest BCUT2D eigenvalue weighted by Crippen LogP contribution is -2.31. The number of methoxy groups -OCH3 is 1. The van der Waals surface area contributed by atoms with Crippen molar-refractivity contribution in [3.63, 3.8) is 0 Å². The van der Waals surface area contributed by atoms with E-state index in [0.717, 1.165) is 0 Å². The number of benzene rings is 1. The average Bonchev–Trinajstić information content (AvgIpc) is 2.40. The van der Waals surface area contributed by atoms with Crippen molar-refractivity contribution in [3.8, 4) is 17.6 Å². The maximum Gasteiger partial charge on any atom is 0.347 e. The fraction of sp³-hybridized carbons (Fsp3) is 0.385. The number of carbonyl (C=O) groups is 1. The molecule has 102 valence electrons. The van der Waals surface area contributed by atoms with Crippen LogP contribution in [0.15, 0.2) is 18.2 Å². The van der Waals surface area contributed by atoms with Gasteiger partial charge in [-0.05, 0) is 19.1 Å². The third-order valence-electron chi connectivity index (χ3n) is 2.24. The predicted molar refractivity (Wildman–Crippen MR) is 66.3 cm³/mol. The first-order valence-corrected chi connectivity index (χ1v) is 5.67. The minimum Gasteiger partial charge on any atom is -0.490 e. The lowest BCUT2D eigenvalue weighted by atomic mass is 10.2. The molecule has 19 heavy (non-hydrogen) atoms. The maximum absolute atomic E-state index is 11.0. The van der Waals surface area contributed by atoms with E-state index in [1.807, 2.05) is 6.07 Å². The summed E-state index contributed by atoms with van der Waals surface area (Å²) in [6.45, 7) is 2.08. The molecule has 6 heteroatoms. The highest BCUT2D eigenvalue weighted by Crippen LogP contribution is 2.29. The average molecular weight is 265 g/mol. The van der Waals surface area contributed by atoms with Crippen molar-refractivity contribution >= 4 is 5.97 Å². The van der Waals surface area contributed by atoms with E-state index in [4.69, 9.17) is 24.6 Å². The Kier molecular flexibility index (Phi) is 5.64. The van der Waals surface area contributed by atoms with Gasteiger partial charge in [-0.1, -0.05) is 0 Å². The van der Waals surface area contributed by atoms with Gasteiger partial charge in [0.15, 0.2) is 11.5 Å². The van der Waals surface area contributed by atoms with E-state index in [1.165, 1.54) is 25.3 Å². The quantitative estimate of drug-likeness (QED) is 0.802. The molecule has 6 nitrogen and oxygen atoms in total. The van der Waals surface area contributed by atoms with Crippen LogP contribution in [0.2, 0.25) is 0 Å². The highest BCUT2D eigenvalue weighted by Gasteiger charge is 2.21. The van der Waals surface area contributed by atoms with Gasteiger partial charge in [0.05, 0.1) is 24.8 Å². The number of ether oxygens (including phenoxy) is 3. The molecule has 1 N–H and O–H groups in total. The smallest absolute Gasteiger partial charge is 0.347 e. The Morgan fingerprint density at radius 2 is 2.21 bits per heavy atom. The van der Waals surface area contributed by atoms with E-state index in [1.54, 1.807) is 6.92 Å². The fourth-order valence-corrected chi connectivity index (χ4v) is 1.40. The molecular weight excluding hydrogens is 250 g/mol. The first-order chi connectivity index (χ1) is 9.12. The largest absolute Gasteiger partial charge is 0.490 e. The Bertz CT molecular complexity index is 480. The molecule has 0 bridgehead atoms. The van der Waals surface area contributed by atoms with Crippen LogP contribution in [0, 0.1) is 11.3 Å². The molecule has 0 radical (unpaired) electrons. The van der Waals surface area contributed by atoms with Crippen LogP contribution >= 0.6 is 0 Å². The fourth-order valence-electron chi connectivity index (χ4n) is 1.40. The summed E-state index contributed by atoms with van der Waals surface area (Å²) in [6.07, 6.45) is -1.13. The van der Waals surface area contributed by atoms with Gasteiger partial charge in [-0.3, -0.25) is 0 Å². The van der Waals surface area contributed by atoms with Crippen molar-refractivity contribution in [3.05, 3.63) is 23.8 Å². The number of nitriles is 1. The molecule has 0 saturated heterocycles. The van der Waals surface area contributed by atoms with Crippen LogP contribution in [-0.4, -0.2) is 37.5 Å². The molecule has 1 atom stereocenters. The SMILES string of the molecule is CCOc1cc(C#N)ccc1OC(COC)C(=O)O. The molecule has 0 spiro atoms. The normalized spacial score (nSPS) is 11.4. The Morgan fingerprint density at radius 3 is 2.74 bits per heavy atom. The van der Waals surface area contributed by atoms with Crippen molar-refractivity contribution in [2.45, 2.75) is 13.0 Å². The van der Waals surface area contributed by atoms with Gasteiger partial charge in [0.2, 0.25) is 6.10 Å². The van der Waals surface area contributed by atoms with Gasteiger partial charge in [0, 0.05) is 13.2 Å². The number of rotatable bonds is 7. The van der Waals surface area contributed by atoms with E-state index in [2.05, 4.69) is 0 Å². The van der Waals surface area contributed by atoms with E-state index in [9.17, 15) is 4.79 Å². The molecule has 0 saturated carbocycles.